The quantitative estimate of drug-likeness (QED) is 0.259. The highest BCUT2D eigenvalue weighted by Crippen LogP contribution is 2.16. The molecular formula is C20H36IN7O. The Morgan fingerprint density at radius 3 is 2.59 bits per heavy atom. The number of rotatable bonds is 7. The Bertz CT molecular complexity index is 657. The lowest BCUT2D eigenvalue weighted by molar-refractivity contribution is -0.120. The summed E-state index contributed by atoms with van der Waals surface area (Å²) in [6, 6.07) is 0. The van der Waals surface area contributed by atoms with E-state index in [1.165, 1.54) is 51.7 Å². The number of unbranched alkanes of at least 4 members (excludes halogenated alkanes) is 2. The molecule has 9 heteroatoms. The monoisotopic (exact) mass is 517 g/mol. The summed E-state index contributed by atoms with van der Waals surface area (Å²) < 4.78 is 1.72. The van der Waals surface area contributed by atoms with Crippen LogP contribution in [0.4, 0.5) is 5.69 Å². The number of halogens is 1. The van der Waals surface area contributed by atoms with Gasteiger partial charge in [0.2, 0.25) is 5.91 Å². The molecular weight excluding hydrogens is 481 g/mol. The fourth-order valence-corrected chi connectivity index (χ4v) is 4.03. The molecule has 0 bridgehead atoms. The maximum atomic E-state index is 12.6. The third-order valence-corrected chi connectivity index (χ3v) is 5.62. The predicted octanol–water partition coefficient (Wildman–Crippen LogP) is 1.92. The van der Waals surface area contributed by atoms with Gasteiger partial charge in [0.05, 0.1) is 11.9 Å². The molecule has 2 saturated heterocycles. The Kier molecular flexibility index (Phi) is 10.2. The van der Waals surface area contributed by atoms with Gasteiger partial charge >= 0.3 is 0 Å². The molecule has 1 aromatic rings. The molecule has 2 fully saturated rings. The zero-order valence-corrected chi connectivity index (χ0v) is 20.2. The number of aliphatic imine (C=N–C) groups is 1. The largest absolute Gasteiger partial charge is 0.356 e. The minimum Gasteiger partial charge on any atom is -0.356 e. The Labute approximate surface area is 191 Å². The van der Waals surface area contributed by atoms with Gasteiger partial charge in [0.1, 0.15) is 6.54 Å². The van der Waals surface area contributed by atoms with Crippen LogP contribution in [-0.4, -0.2) is 84.3 Å². The van der Waals surface area contributed by atoms with E-state index < -0.39 is 0 Å². The number of piperidine rings is 1. The van der Waals surface area contributed by atoms with Crippen molar-refractivity contribution in [1.29, 1.82) is 0 Å². The second-order valence-corrected chi connectivity index (χ2v) is 7.78. The molecule has 1 amide bonds. The van der Waals surface area contributed by atoms with Crippen LogP contribution in [0.15, 0.2) is 17.4 Å². The number of piperazine rings is 1. The van der Waals surface area contributed by atoms with Crippen molar-refractivity contribution < 1.29 is 4.79 Å². The van der Waals surface area contributed by atoms with Crippen LogP contribution in [0.3, 0.4) is 0 Å². The fourth-order valence-electron chi connectivity index (χ4n) is 4.03. The van der Waals surface area contributed by atoms with Gasteiger partial charge in [-0.2, -0.15) is 5.10 Å². The van der Waals surface area contributed by atoms with Gasteiger partial charge < -0.3 is 20.0 Å². The van der Waals surface area contributed by atoms with Gasteiger partial charge in [-0.1, -0.05) is 12.8 Å². The number of anilines is 1. The number of aryl methyl sites for hydroxylation is 1. The number of carbonyl (C=O) groups is 1. The number of carbonyl (C=O) groups excluding carboxylic acids is 1. The number of nitrogens with one attached hydrogen (secondary N) is 1. The van der Waals surface area contributed by atoms with Crippen molar-refractivity contribution in [3.05, 3.63) is 12.4 Å². The van der Waals surface area contributed by atoms with Crippen molar-refractivity contribution in [2.45, 2.75) is 38.5 Å². The minimum absolute atomic E-state index is 0. The van der Waals surface area contributed by atoms with Crippen molar-refractivity contribution in [3.63, 3.8) is 0 Å². The molecule has 3 heterocycles. The first-order valence-corrected chi connectivity index (χ1v) is 10.6. The van der Waals surface area contributed by atoms with E-state index in [4.69, 9.17) is 0 Å². The average molecular weight is 517 g/mol. The molecule has 0 spiro atoms. The lowest BCUT2D eigenvalue weighted by Gasteiger charge is -2.35. The number of nitrogens with zero attached hydrogens (tertiary/aromatic N) is 6. The summed E-state index contributed by atoms with van der Waals surface area (Å²) in [6.45, 7) is 6.48. The SMILES string of the molecule is CN=C(NCCCCCN1CCCCC1)N1CCN(c2cnn(C)c2)C(=O)C1.I. The van der Waals surface area contributed by atoms with Crippen LogP contribution in [0.25, 0.3) is 0 Å². The molecule has 8 nitrogen and oxygen atoms in total. The van der Waals surface area contributed by atoms with Gasteiger partial charge in [-0.15, -0.1) is 24.0 Å². The van der Waals surface area contributed by atoms with Gasteiger partial charge in [-0.25, -0.2) is 0 Å². The van der Waals surface area contributed by atoms with E-state index in [1.54, 1.807) is 22.8 Å². The maximum absolute atomic E-state index is 12.6. The van der Waals surface area contributed by atoms with Crippen molar-refractivity contribution in [1.82, 2.24) is 24.9 Å². The number of likely N-dealkylation sites (tertiary alicyclic amines) is 1. The number of aromatic nitrogens is 2. The maximum Gasteiger partial charge on any atom is 0.246 e. The van der Waals surface area contributed by atoms with E-state index in [9.17, 15) is 4.79 Å². The lowest BCUT2D eigenvalue weighted by atomic mass is 10.1. The molecule has 0 aliphatic carbocycles. The number of hydrogen-bond acceptors (Lipinski definition) is 4. The van der Waals surface area contributed by atoms with Crippen molar-refractivity contribution in [2.75, 3.05) is 57.8 Å². The Hall–Kier alpha value is -1.36. The molecule has 1 aromatic heterocycles. The summed E-state index contributed by atoms with van der Waals surface area (Å²) in [5.41, 5.74) is 0.865. The molecule has 0 radical (unpaired) electrons. The molecule has 2 aliphatic heterocycles. The summed E-state index contributed by atoms with van der Waals surface area (Å²) in [6.07, 6.45) is 11.4. The van der Waals surface area contributed by atoms with E-state index in [0.29, 0.717) is 13.1 Å². The van der Waals surface area contributed by atoms with Crippen LogP contribution in [0, 0.1) is 0 Å². The average Bonchev–Trinajstić information content (AvgIpc) is 3.14. The van der Waals surface area contributed by atoms with Crippen molar-refractivity contribution in [3.8, 4) is 0 Å². The highest BCUT2D eigenvalue weighted by atomic mass is 127. The molecule has 0 saturated carbocycles. The normalized spacial score (nSPS) is 18.7. The minimum atomic E-state index is 0. The molecule has 3 rings (SSSR count). The van der Waals surface area contributed by atoms with E-state index in [2.05, 4.69) is 20.3 Å². The highest BCUT2D eigenvalue weighted by molar-refractivity contribution is 14.0. The fraction of sp³-hybridized carbons (Fsp3) is 0.750. The summed E-state index contributed by atoms with van der Waals surface area (Å²) in [4.78, 5) is 23.4. The van der Waals surface area contributed by atoms with Gasteiger partial charge in [-0.3, -0.25) is 14.5 Å². The molecule has 0 aromatic carbocycles. The number of hydrogen-bond donors (Lipinski definition) is 1. The summed E-state index contributed by atoms with van der Waals surface area (Å²) in [5.74, 6) is 0.916. The van der Waals surface area contributed by atoms with E-state index in [-0.39, 0.29) is 29.9 Å². The van der Waals surface area contributed by atoms with E-state index in [0.717, 1.165) is 31.2 Å². The number of guanidine groups is 1. The van der Waals surface area contributed by atoms with Crippen LogP contribution in [0.5, 0.6) is 0 Å². The Balaban J connectivity index is 0.00000300. The van der Waals surface area contributed by atoms with E-state index in [1.807, 2.05) is 18.1 Å². The van der Waals surface area contributed by atoms with Gasteiger partial charge in [0.25, 0.3) is 0 Å². The number of amides is 1. The highest BCUT2D eigenvalue weighted by Gasteiger charge is 2.27. The summed E-state index contributed by atoms with van der Waals surface area (Å²) >= 11 is 0. The zero-order chi connectivity index (χ0) is 19.8. The summed E-state index contributed by atoms with van der Waals surface area (Å²) in [5, 5.41) is 7.59. The van der Waals surface area contributed by atoms with Crippen LogP contribution in [-0.2, 0) is 11.8 Å². The third kappa shape index (κ3) is 7.13. The van der Waals surface area contributed by atoms with Crippen LogP contribution < -0.4 is 10.2 Å². The molecule has 1 N–H and O–H groups in total. The van der Waals surface area contributed by atoms with Crippen LogP contribution >= 0.6 is 24.0 Å². The Morgan fingerprint density at radius 2 is 1.93 bits per heavy atom. The van der Waals surface area contributed by atoms with Gasteiger partial charge in [-0.05, 0) is 45.3 Å². The summed E-state index contributed by atoms with van der Waals surface area (Å²) in [7, 11) is 3.65. The standard InChI is InChI=1S/C20H35N7O.HI/c1-21-20(22-9-5-3-6-10-25-11-7-4-8-12-25)26-13-14-27(19(28)17-26)18-15-23-24(2)16-18;/h15-16H,3-14,17H2,1-2H3,(H,21,22);1H. The Morgan fingerprint density at radius 1 is 1.14 bits per heavy atom. The molecule has 2 aliphatic rings. The van der Waals surface area contributed by atoms with Crippen molar-refractivity contribution in [2.24, 2.45) is 12.0 Å². The van der Waals surface area contributed by atoms with E-state index >= 15 is 0 Å². The van der Waals surface area contributed by atoms with Crippen LogP contribution in [0.2, 0.25) is 0 Å². The smallest absolute Gasteiger partial charge is 0.246 e. The second kappa shape index (κ2) is 12.4. The third-order valence-electron chi connectivity index (χ3n) is 5.62. The zero-order valence-electron chi connectivity index (χ0n) is 17.8. The topological polar surface area (TPSA) is 69.0 Å². The first-order chi connectivity index (χ1) is 13.7. The molecule has 0 atom stereocenters. The second-order valence-electron chi connectivity index (χ2n) is 7.78. The first-order valence-electron chi connectivity index (χ1n) is 10.6. The predicted molar refractivity (Wildman–Crippen MR) is 128 cm³/mol. The molecule has 0 unspecified atom stereocenters. The van der Waals surface area contributed by atoms with Crippen molar-refractivity contribution >= 4 is 41.5 Å². The van der Waals surface area contributed by atoms with Gasteiger partial charge in [0.15, 0.2) is 5.96 Å². The molecule has 29 heavy (non-hydrogen) atoms. The van der Waals surface area contributed by atoms with Gasteiger partial charge in [0, 0.05) is 39.9 Å². The molecule has 164 valence electrons. The van der Waals surface area contributed by atoms with Crippen LogP contribution in [0.1, 0.15) is 38.5 Å². The lowest BCUT2D eigenvalue weighted by Crippen LogP contribution is -2.55. The first kappa shape index (κ1) is 23.9.